The number of aromatic nitrogens is 1. The smallest absolute Gasteiger partial charge is 0.249 e. The summed E-state index contributed by atoms with van der Waals surface area (Å²) in [4.78, 5) is 15.9. The summed E-state index contributed by atoms with van der Waals surface area (Å²) in [6.45, 7) is 2.00. The number of hydrogen-bond acceptors (Lipinski definition) is 4. The maximum absolute atomic E-state index is 11.9. The third-order valence-electron chi connectivity index (χ3n) is 3.82. The number of amides is 1. The van der Waals surface area contributed by atoms with Gasteiger partial charge in [-0.05, 0) is 55.0 Å². The number of furan rings is 1. The van der Waals surface area contributed by atoms with Crippen molar-refractivity contribution in [1.29, 1.82) is 0 Å². The van der Waals surface area contributed by atoms with E-state index >= 15 is 0 Å². The molecule has 0 radical (unpaired) electrons. The molecular formula is C22H20N2O3. The first kappa shape index (κ1) is 18.4. The summed E-state index contributed by atoms with van der Waals surface area (Å²) >= 11 is 0. The molecule has 0 fully saturated rings. The van der Waals surface area contributed by atoms with E-state index in [1.165, 1.54) is 6.08 Å². The van der Waals surface area contributed by atoms with Crippen LogP contribution in [-0.4, -0.2) is 16.0 Å². The van der Waals surface area contributed by atoms with E-state index in [-0.39, 0.29) is 5.91 Å². The normalized spacial score (nSPS) is 12.5. The zero-order valence-corrected chi connectivity index (χ0v) is 14.9. The molecular weight excluding hydrogens is 340 g/mol. The summed E-state index contributed by atoms with van der Waals surface area (Å²) < 4.78 is 5.61. The largest absolute Gasteiger partial charge is 0.457 e. The van der Waals surface area contributed by atoms with E-state index in [0.717, 1.165) is 11.1 Å². The number of nitrogens with zero attached hydrogens (tertiary/aromatic N) is 1. The Morgan fingerprint density at radius 2 is 1.81 bits per heavy atom. The summed E-state index contributed by atoms with van der Waals surface area (Å²) in [5.41, 5.74) is 1.96. The second-order valence-electron chi connectivity index (χ2n) is 5.99. The number of nitrogens with one attached hydrogen (secondary N) is 1. The summed E-state index contributed by atoms with van der Waals surface area (Å²) in [7, 11) is 0. The molecule has 0 spiro atoms. The van der Waals surface area contributed by atoms with Crippen LogP contribution in [-0.2, 0) is 4.79 Å². The van der Waals surface area contributed by atoms with Gasteiger partial charge < -0.3 is 14.8 Å². The molecule has 2 N–H and O–H groups in total. The minimum absolute atomic E-state index is 0.294. The zero-order valence-electron chi connectivity index (χ0n) is 14.9. The lowest BCUT2D eigenvalue weighted by Gasteiger charge is -2.05. The molecule has 2 heterocycles. The van der Waals surface area contributed by atoms with Crippen molar-refractivity contribution < 1.29 is 14.3 Å². The molecule has 0 bridgehead atoms. The standard InChI is InChI=1S/C22H20N2O3/c1-16-5-7-17(8-6-16)20(25)13-11-18-9-10-19(27-18)12-14-22(26)24-21-4-2-3-15-23-21/h2-15,20,25H,1H3,(H,23,24,26)/b13-11+,14-12+. The lowest BCUT2D eigenvalue weighted by molar-refractivity contribution is -0.111. The number of carbonyl (C=O) groups excluding carboxylic acids is 1. The van der Waals surface area contributed by atoms with E-state index in [1.54, 1.807) is 54.8 Å². The predicted molar refractivity (Wildman–Crippen MR) is 106 cm³/mol. The van der Waals surface area contributed by atoms with E-state index < -0.39 is 6.10 Å². The van der Waals surface area contributed by atoms with E-state index in [9.17, 15) is 9.90 Å². The molecule has 1 unspecified atom stereocenters. The molecule has 5 nitrogen and oxygen atoms in total. The number of anilines is 1. The van der Waals surface area contributed by atoms with Crippen molar-refractivity contribution in [2.75, 3.05) is 5.32 Å². The number of pyridine rings is 1. The number of aryl methyl sites for hydroxylation is 1. The maximum atomic E-state index is 11.9. The van der Waals surface area contributed by atoms with Gasteiger partial charge in [-0.3, -0.25) is 4.79 Å². The molecule has 0 aliphatic carbocycles. The molecule has 136 valence electrons. The third kappa shape index (κ3) is 5.52. The van der Waals surface area contributed by atoms with Crippen LogP contribution in [0.4, 0.5) is 5.82 Å². The van der Waals surface area contributed by atoms with Gasteiger partial charge in [-0.25, -0.2) is 4.98 Å². The Bertz CT molecular complexity index is 941. The highest BCUT2D eigenvalue weighted by Gasteiger charge is 2.04. The summed E-state index contributed by atoms with van der Waals surface area (Å²) in [5.74, 6) is 1.32. The van der Waals surface area contributed by atoms with Gasteiger partial charge in [0.25, 0.3) is 0 Å². The highest BCUT2D eigenvalue weighted by molar-refractivity contribution is 6.01. The third-order valence-corrected chi connectivity index (χ3v) is 3.82. The van der Waals surface area contributed by atoms with Crippen molar-refractivity contribution in [2.45, 2.75) is 13.0 Å². The minimum atomic E-state index is -0.709. The highest BCUT2D eigenvalue weighted by atomic mass is 16.3. The molecule has 1 atom stereocenters. The van der Waals surface area contributed by atoms with Crippen LogP contribution < -0.4 is 5.32 Å². The van der Waals surface area contributed by atoms with Gasteiger partial charge in [0, 0.05) is 12.3 Å². The Balaban J connectivity index is 1.57. The van der Waals surface area contributed by atoms with E-state index in [1.807, 2.05) is 31.2 Å². The molecule has 1 aromatic carbocycles. The first-order chi connectivity index (χ1) is 13.1. The van der Waals surface area contributed by atoms with Crippen LogP contribution in [0.3, 0.4) is 0 Å². The van der Waals surface area contributed by atoms with Gasteiger partial charge in [0.2, 0.25) is 5.91 Å². The molecule has 0 saturated heterocycles. The first-order valence-electron chi connectivity index (χ1n) is 8.53. The Labute approximate surface area is 157 Å². The van der Waals surface area contributed by atoms with Crippen LogP contribution in [0.5, 0.6) is 0 Å². The lowest BCUT2D eigenvalue weighted by Crippen LogP contribution is -2.08. The Morgan fingerprint density at radius 3 is 2.52 bits per heavy atom. The van der Waals surface area contributed by atoms with Crippen molar-refractivity contribution in [1.82, 2.24) is 4.98 Å². The van der Waals surface area contributed by atoms with Gasteiger partial charge in [0.15, 0.2) is 0 Å². The number of hydrogen-bond donors (Lipinski definition) is 2. The molecule has 3 rings (SSSR count). The second kappa shape index (κ2) is 8.78. The lowest BCUT2D eigenvalue weighted by atomic mass is 10.1. The number of aliphatic hydroxyl groups is 1. The summed E-state index contributed by atoms with van der Waals surface area (Å²) in [5, 5.41) is 12.9. The predicted octanol–water partition coefficient (Wildman–Crippen LogP) is 4.38. The van der Waals surface area contributed by atoms with Crippen molar-refractivity contribution in [3.63, 3.8) is 0 Å². The van der Waals surface area contributed by atoms with Gasteiger partial charge in [-0.15, -0.1) is 0 Å². The Morgan fingerprint density at radius 1 is 1.07 bits per heavy atom. The molecule has 27 heavy (non-hydrogen) atoms. The van der Waals surface area contributed by atoms with E-state index in [4.69, 9.17) is 4.42 Å². The number of rotatable bonds is 6. The fraction of sp³-hybridized carbons (Fsp3) is 0.0909. The fourth-order valence-corrected chi connectivity index (χ4v) is 2.37. The first-order valence-corrected chi connectivity index (χ1v) is 8.53. The number of aliphatic hydroxyl groups excluding tert-OH is 1. The van der Waals surface area contributed by atoms with Crippen molar-refractivity contribution in [2.24, 2.45) is 0 Å². The van der Waals surface area contributed by atoms with Crippen LogP contribution >= 0.6 is 0 Å². The van der Waals surface area contributed by atoms with Crippen LogP contribution in [0, 0.1) is 6.92 Å². The number of carbonyl (C=O) groups is 1. The maximum Gasteiger partial charge on any atom is 0.249 e. The SMILES string of the molecule is Cc1ccc(C(O)/C=C/c2ccc(/C=C/C(=O)Nc3ccccn3)o2)cc1. The van der Waals surface area contributed by atoms with Crippen LogP contribution in [0.25, 0.3) is 12.2 Å². The fourth-order valence-electron chi connectivity index (χ4n) is 2.37. The van der Waals surface area contributed by atoms with Gasteiger partial charge in [-0.1, -0.05) is 35.9 Å². The van der Waals surface area contributed by atoms with Gasteiger partial charge in [0.05, 0.1) is 6.10 Å². The zero-order chi connectivity index (χ0) is 19.1. The summed E-state index contributed by atoms with van der Waals surface area (Å²) in [6, 6.07) is 16.5. The average molecular weight is 360 g/mol. The van der Waals surface area contributed by atoms with Gasteiger partial charge in [-0.2, -0.15) is 0 Å². The second-order valence-corrected chi connectivity index (χ2v) is 5.99. The van der Waals surface area contributed by atoms with Gasteiger partial charge >= 0.3 is 0 Å². The van der Waals surface area contributed by atoms with Crippen LogP contribution in [0.1, 0.15) is 28.8 Å². The molecule has 1 amide bonds. The Kier molecular flexibility index (Phi) is 5.97. The molecule has 5 heteroatoms. The number of benzene rings is 1. The van der Waals surface area contributed by atoms with Crippen LogP contribution in [0.2, 0.25) is 0 Å². The molecule has 0 aliphatic heterocycles. The quantitative estimate of drug-likeness (QED) is 0.640. The Hall–Kier alpha value is -3.44. The van der Waals surface area contributed by atoms with Gasteiger partial charge in [0.1, 0.15) is 17.3 Å². The molecule has 3 aromatic rings. The van der Waals surface area contributed by atoms with E-state index in [0.29, 0.717) is 17.3 Å². The van der Waals surface area contributed by atoms with Crippen molar-refractivity contribution in [3.8, 4) is 0 Å². The molecule has 0 aliphatic rings. The molecule has 0 saturated carbocycles. The topological polar surface area (TPSA) is 75.4 Å². The van der Waals surface area contributed by atoms with Crippen molar-refractivity contribution in [3.05, 3.63) is 95.6 Å². The average Bonchev–Trinajstić information content (AvgIpc) is 3.14. The summed E-state index contributed by atoms with van der Waals surface area (Å²) in [6.07, 6.45) is 7.21. The van der Waals surface area contributed by atoms with Crippen LogP contribution in [0.15, 0.2) is 77.4 Å². The van der Waals surface area contributed by atoms with Crippen molar-refractivity contribution >= 4 is 23.9 Å². The minimum Gasteiger partial charge on any atom is -0.457 e. The van der Waals surface area contributed by atoms with E-state index in [2.05, 4.69) is 10.3 Å². The highest BCUT2D eigenvalue weighted by Crippen LogP contribution is 2.18. The monoisotopic (exact) mass is 360 g/mol. The molecule has 2 aromatic heterocycles.